The number of rotatable bonds is 4. The first kappa shape index (κ1) is 21.3. The number of amides is 1. The fourth-order valence-corrected chi connectivity index (χ4v) is 4.82. The normalized spacial score (nSPS) is 19.2. The minimum absolute atomic E-state index is 0.208. The maximum absolute atomic E-state index is 12.8. The van der Waals surface area contributed by atoms with Crippen LogP contribution < -0.4 is 5.32 Å². The van der Waals surface area contributed by atoms with Gasteiger partial charge in [-0.2, -0.15) is 4.31 Å². The van der Waals surface area contributed by atoms with Gasteiger partial charge in [-0.15, -0.1) is 0 Å². The Bertz CT molecular complexity index is 763. The number of hydrogen-bond acceptors (Lipinski definition) is 4. The van der Waals surface area contributed by atoms with E-state index in [1.54, 1.807) is 39.0 Å². The highest BCUT2D eigenvalue weighted by Gasteiger charge is 2.31. The molecule has 0 unspecified atom stereocenters. The predicted molar refractivity (Wildman–Crippen MR) is 103 cm³/mol. The summed E-state index contributed by atoms with van der Waals surface area (Å²) in [6.07, 6.45) is 0.811. The standard InChI is InChI=1S/C17H24Cl2N2O4S/c1-17(2,3)25-16(22)20-14-5-4-8-21(10-14)26(23,24)11-12-9-13(18)6-7-15(12)19/h6-7,9,14H,4-5,8,10-11H2,1-3H3,(H,20,22)/t14-/m1/s1. The van der Waals surface area contributed by atoms with E-state index in [0.717, 1.165) is 0 Å². The van der Waals surface area contributed by atoms with E-state index in [0.29, 0.717) is 35.0 Å². The Balaban J connectivity index is 2.03. The van der Waals surface area contributed by atoms with Crippen LogP contribution >= 0.6 is 23.2 Å². The molecule has 1 N–H and O–H groups in total. The fraction of sp³-hybridized carbons (Fsp3) is 0.588. The molecular weight excluding hydrogens is 399 g/mol. The molecule has 1 aromatic carbocycles. The highest BCUT2D eigenvalue weighted by atomic mass is 35.5. The van der Waals surface area contributed by atoms with Crippen LogP contribution in [0.1, 0.15) is 39.2 Å². The zero-order valence-electron chi connectivity index (χ0n) is 15.1. The minimum Gasteiger partial charge on any atom is -0.444 e. The second kappa shape index (κ2) is 8.33. The van der Waals surface area contributed by atoms with Crippen LogP contribution in [0.3, 0.4) is 0 Å². The number of ether oxygens (including phenoxy) is 1. The van der Waals surface area contributed by atoms with Crippen LogP contribution in [0.25, 0.3) is 0 Å². The number of alkyl carbamates (subject to hydrolysis) is 1. The van der Waals surface area contributed by atoms with Crippen molar-refractivity contribution < 1.29 is 17.9 Å². The smallest absolute Gasteiger partial charge is 0.407 e. The number of sulfonamides is 1. The lowest BCUT2D eigenvalue weighted by atomic mass is 10.1. The summed E-state index contributed by atoms with van der Waals surface area (Å²) in [4.78, 5) is 11.9. The molecule has 0 saturated carbocycles. The molecule has 1 heterocycles. The Hall–Kier alpha value is -1.02. The average molecular weight is 423 g/mol. The van der Waals surface area contributed by atoms with Crippen LogP contribution in [0.4, 0.5) is 4.79 Å². The van der Waals surface area contributed by atoms with Crippen molar-refractivity contribution in [1.82, 2.24) is 9.62 Å². The van der Waals surface area contributed by atoms with Gasteiger partial charge in [0.15, 0.2) is 0 Å². The van der Waals surface area contributed by atoms with E-state index in [2.05, 4.69) is 5.32 Å². The zero-order chi connectivity index (χ0) is 19.5. The van der Waals surface area contributed by atoms with Gasteiger partial charge in [0.05, 0.1) is 5.75 Å². The Morgan fingerprint density at radius 2 is 2.04 bits per heavy atom. The molecule has 1 aliphatic rings. The fourth-order valence-electron chi connectivity index (χ4n) is 2.73. The van der Waals surface area contributed by atoms with Crippen molar-refractivity contribution in [3.8, 4) is 0 Å². The number of benzene rings is 1. The number of nitrogens with one attached hydrogen (secondary N) is 1. The van der Waals surface area contributed by atoms with Gasteiger partial charge >= 0.3 is 6.09 Å². The van der Waals surface area contributed by atoms with Gasteiger partial charge in [-0.1, -0.05) is 23.2 Å². The van der Waals surface area contributed by atoms with E-state index in [4.69, 9.17) is 27.9 Å². The third-order valence-corrected chi connectivity index (χ3v) is 6.24. The molecule has 26 heavy (non-hydrogen) atoms. The number of carbonyl (C=O) groups excluding carboxylic acids is 1. The largest absolute Gasteiger partial charge is 0.444 e. The van der Waals surface area contributed by atoms with Gasteiger partial charge in [0.1, 0.15) is 5.60 Å². The topological polar surface area (TPSA) is 75.7 Å². The summed E-state index contributed by atoms with van der Waals surface area (Å²) in [5.41, 5.74) is -0.144. The minimum atomic E-state index is -3.58. The van der Waals surface area contributed by atoms with E-state index in [1.165, 1.54) is 4.31 Å². The molecule has 0 bridgehead atoms. The van der Waals surface area contributed by atoms with Crippen LogP contribution in [-0.4, -0.2) is 43.5 Å². The summed E-state index contributed by atoms with van der Waals surface area (Å²) in [6.45, 7) is 5.95. The third-order valence-electron chi connectivity index (χ3n) is 3.84. The van der Waals surface area contributed by atoms with E-state index in [9.17, 15) is 13.2 Å². The van der Waals surface area contributed by atoms with E-state index in [-0.39, 0.29) is 18.3 Å². The molecule has 6 nitrogen and oxygen atoms in total. The van der Waals surface area contributed by atoms with Gasteiger partial charge in [-0.05, 0) is 57.4 Å². The Kier molecular flexibility index (Phi) is 6.82. The summed E-state index contributed by atoms with van der Waals surface area (Å²) < 4.78 is 32.1. The number of piperidine rings is 1. The lowest BCUT2D eigenvalue weighted by Gasteiger charge is -2.33. The Labute approximate surface area is 164 Å². The molecule has 1 aromatic rings. The van der Waals surface area contributed by atoms with Crippen molar-refractivity contribution >= 4 is 39.3 Å². The molecule has 146 valence electrons. The van der Waals surface area contributed by atoms with Crippen molar-refractivity contribution in [1.29, 1.82) is 0 Å². The molecule has 1 atom stereocenters. The van der Waals surface area contributed by atoms with Crippen molar-refractivity contribution in [3.05, 3.63) is 33.8 Å². The first-order chi connectivity index (χ1) is 12.0. The Morgan fingerprint density at radius 3 is 2.69 bits per heavy atom. The molecule has 0 aliphatic carbocycles. The molecule has 0 spiro atoms. The summed E-state index contributed by atoms with van der Waals surface area (Å²) in [6, 6.07) is 4.46. The Morgan fingerprint density at radius 1 is 1.35 bits per heavy atom. The number of hydrogen-bond donors (Lipinski definition) is 1. The second-order valence-electron chi connectivity index (χ2n) is 7.34. The number of halogens is 2. The van der Waals surface area contributed by atoms with Crippen LogP contribution in [-0.2, 0) is 20.5 Å². The van der Waals surface area contributed by atoms with Crippen LogP contribution in [0, 0.1) is 0 Å². The van der Waals surface area contributed by atoms with E-state index < -0.39 is 21.7 Å². The quantitative estimate of drug-likeness (QED) is 0.799. The van der Waals surface area contributed by atoms with Crippen LogP contribution in [0.2, 0.25) is 10.0 Å². The lowest BCUT2D eigenvalue weighted by Crippen LogP contribution is -2.50. The van der Waals surface area contributed by atoms with E-state index in [1.807, 2.05) is 0 Å². The number of carbonyl (C=O) groups is 1. The molecule has 1 aliphatic heterocycles. The number of nitrogens with zero attached hydrogens (tertiary/aromatic N) is 1. The molecule has 9 heteroatoms. The third kappa shape index (κ3) is 6.30. The maximum Gasteiger partial charge on any atom is 0.407 e. The first-order valence-corrected chi connectivity index (χ1v) is 10.7. The van der Waals surface area contributed by atoms with Gasteiger partial charge in [0.2, 0.25) is 10.0 Å². The van der Waals surface area contributed by atoms with Gasteiger partial charge in [-0.3, -0.25) is 0 Å². The van der Waals surface area contributed by atoms with Gasteiger partial charge in [0.25, 0.3) is 0 Å². The molecule has 1 saturated heterocycles. The van der Waals surface area contributed by atoms with Crippen molar-refractivity contribution in [2.75, 3.05) is 13.1 Å². The lowest BCUT2D eigenvalue weighted by molar-refractivity contribution is 0.0487. The van der Waals surface area contributed by atoms with Crippen molar-refractivity contribution in [2.24, 2.45) is 0 Å². The molecule has 0 aromatic heterocycles. The predicted octanol–water partition coefficient (Wildman–Crippen LogP) is 3.81. The summed E-state index contributed by atoms with van der Waals surface area (Å²) in [7, 11) is -3.58. The van der Waals surface area contributed by atoms with Crippen molar-refractivity contribution in [2.45, 2.75) is 51.0 Å². The summed E-state index contributed by atoms with van der Waals surface area (Å²) >= 11 is 12.0. The molecule has 2 rings (SSSR count). The second-order valence-corrected chi connectivity index (χ2v) is 10.1. The van der Waals surface area contributed by atoms with Gasteiger partial charge in [-0.25, -0.2) is 13.2 Å². The summed E-state index contributed by atoms with van der Waals surface area (Å²) in [5.74, 6) is -0.231. The maximum atomic E-state index is 12.8. The SMILES string of the molecule is CC(C)(C)OC(=O)N[C@@H]1CCCN(S(=O)(=O)Cc2cc(Cl)ccc2Cl)C1. The molecule has 0 radical (unpaired) electrons. The van der Waals surface area contributed by atoms with Gasteiger partial charge in [0, 0.05) is 29.2 Å². The first-order valence-electron chi connectivity index (χ1n) is 8.37. The highest BCUT2D eigenvalue weighted by molar-refractivity contribution is 7.88. The monoisotopic (exact) mass is 422 g/mol. The average Bonchev–Trinajstić information content (AvgIpc) is 2.49. The molecular formula is C17H24Cl2N2O4S. The van der Waals surface area contributed by atoms with Crippen LogP contribution in [0.15, 0.2) is 18.2 Å². The van der Waals surface area contributed by atoms with Gasteiger partial charge < -0.3 is 10.1 Å². The molecule has 1 fully saturated rings. The zero-order valence-corrected chi connectivity index (χ0v) is 17.4. The molecule has 1 amide bonds. The van der Waals surface area contributed by atoms with Crippen LogP contribution in [0.5, 0.6) is 0 Å². The van der Waals surface area contributed by atoms with E-state index >= 15 is 0 Å². The van der Waals surface area contributed by atoms with Crippen molar-refractivity contribution in [3.63, 3.8) is 0 Å². The highest BCUT2D eigenvalue weighted by Crippen LogP contribution is 2.25. The summed E-state index contributed by atoms with van der Waals surface area (Å²) in [5, 5.41) is 3.54.